The molecule has 1 aliphatic heterocycles. The fourth-order valence-corrected chi connectivity index (χ4v) is 8.74. The highest BCUT2D eigenvalue weighted by Gasteiger charge is 2.76. The molecule has 0 saturated heterocycles. The SMILES string of the molecule is CC1=C(C)C(=O)O[C@@H]([C@](C)(O)[C@@]2(O)CC[C@@]3(O)[C@@H]4CC=C5C[C@@H](O)CC(=O)[C@]5(C)[C@H]4CC[C@@]23C)C1. The van der Waals surface area contributed by atoms with E-state index in [1.807, 2.05) is 26.8 Å². The smallest absolute Gasteiger partial charge is 0.334 e. The first-order valence-corrected chi connectivity index (χ1v) is 13.1. The first-order chi connectivity index (χ1) is 16.1. The molecule has 5 aliphatic rings. The molecule has 3 fully saturated rings. The van der Waals surface area contributed by atoms with Gasteiger partial charge in [-0.2, -0.15) is 0 Å². The van der Waals surface area contributed by atoms with Crippen LogP contribution in [-0.2, 0) is 14.3 Å². The summed E-state index contributed by atoms with van der Waals surface area (Å²) in [5.41, 5.74) is -4.21. The van der Waals surface area contributed by atoms with Crippen molar-refractivity contribution in [2.24, 2.45) is 22.7 Å². The van der Waals surface area contributed by atoms with E-state index in [4.69, 9.17) is 4.74 Å². The molecule has 0 spiro atoms. The maximum absolute atomic E-state index is 13.2. The molecule has 0 unspecified atom stereocenters. The van der Waals surface area contributed by atoms with Crippen LogP contribution in [0.5, 0.6) is 0 Å². The van der Waals surface area contributed by atoms with Gasteiger partial charge in [-0.3, -0.25) is 4.79 Å². The number of ketones is 1. The van der Waals surface area contributed by atoms with Crippen LogP contribution < -0.4 is 0 Å². The predicted molar refractivity (Wildman–Crippen MR) is 128 cm³/mol. The minimum Gasteiger partial charge on any atom is -0.455 e. The highest BCUT2D eigenvalue weighted by molar-refractivity contribution is 5.90. The standard InChI is InChI=1S/C28H40O7/c1-15-12-22(35-23(31)16(15)2)26(5,32)28(34)11-10-27(33)20-7-6-17-13-18(29)14-21(30)25(17,4)19(20)8-9-24(27,28)3/h6,18-20,22,29,32-34H,7-14H2,1-5H3/t18-,19+,20-,22-,24-,25+,26+,27-,28-/m1/s1. The number of carbonyl (C=O) groups is 2. The average molecular weight is 489 g/mol. The number of hydrogen-bond donors (Lipinski definition) is 4. The Balaban J connectivity index is 1.53. The molecule has 4 aliphatic carbocycles. The van der Waals surface area contributed by atoms with E-state index in [1.165, 1.54) is 6.92 Å². The van der Waals surface area contributed by atoms with Crippen molar-refractivity contribution in [2.75, 3.05) is 0 Å². The summed E-state index contributed by atoms with van der Waals surface area (Å²) in [4.78, 5) is 25.7. The molecule has 0 aromatic rings. The molecule has 0 aromatic heterocycles. The van der Waals surface area contributed by atoms with Crippen molar-refractivity contribution in [3.63, 3.8) is 0 Å². The Morgan fingerprint density at radius 3 is 2.37 bits per heavy atom. The third kappa shape index (κ3) is 2.93. The Labute approximate surface area is 207 Å². The summed E-state index contributed by atoms with van der Waals surface area (Å²) < 4.78 is 5.62. The molecule has 3 saturated carbocycles. The Kier molecular flexibility index (Phi) is 5.38. The minimum atomic E-state index is -1.78. The second kappa shape index (κ2) is 7.50. The number of esters is 1. The van der Waals surface area contributed by atoms with Crippen LogP contribution in [0.25, 0.3) is 0 Å². The van der Waals surface area contributed by atoms with Crippen molar-refractivity contribution < 1.29 is 34.8 Å². The topological polar surface area (TPSA) is 124 Å². The molecule has 7 nitrogen and oxygen atoms in total. The number of fused-ring (bicyclic) bond motifs is 5. The molecule has 7 heteroatoms. The van der Waals surface area contributed by atoms with Gasteiger partial charge in [0.2, 0.25) is 0 Å². The lowest BCUT2D eigenvalue weighted by molar-refractivity contribution is -0.279. The number of hydrogen-bond acceptors (Lipinski definition) is 7. The van der Waals surface area contributed by atoms with Gasteiger partial charge in [-0.25, -0.2) is 4.79 Å². The van der Waals surface area contributed by atoms with Crippen LogP contribution in [0.15, 0.2) is 22.8 Å². The van der Waals surface area contributed by atoms with Crippen molar-refractivity contribution in [1.29, 1.82) is 0 Å². The zero-order valence-electron chi connectivity index (χ0n) is 21.6. The monoisotopic (exact) mass is 488 g/mol. The van der Waals surface area contributed by atoms with Gasteiger partial charge in [0.25, 0.3) is 0 Å². The van der Waals surface area contributed by atoms with Crippen molar-refractivity contribution >= 4 is 11.8 Å². The summed E-state index contributed by atoms with van der Waals surface area (Å²) in [5.74, 6) is -0.804. The van der Waals surface area contributed by atoms with Crippen LogP contribution in [0.1, 0.15) is 86.0 Å². The van der Waals surface area contributed by atoms with E-state index in [-0.39, 0.29) is 30.5 Å². The minimum absolute atomic E-state index is 0.0245. The molecule has 194 valence electrons. The van der Waals surface area contributed by atoms with Crippen molar-refractivity contribution in [3.8, 4) is 0 Å². The van der Waals surface area contributed by atoms with E-state index >= 15 is 0 Å². The molecule has 1 heterocycles. The Hall–Kier alpha value is -1.54. The zero-order chi connectivity index (χ0) is 25.8. The number of cyclic esters (lactones) is 1. The van der Waals surface area contributed by atoms with Gasteiger partial charge in [0.15, 0.2) is 0 Å². The van der Waals surface area contributed by atoms with Gasteiger partial charge in [0.05, 0.1) is 17.1 Å². The Morgan fingerprint density at radius 2 is 1.71 bits per heavy atom. The van der Waals surface area contributed by atoms with Crippen LogP contribution in [-0.4, -0.2) is 61.2 Å². The first kappa shape index (κ1) is 25.1. The van der Waals surface area contributed by atoms with Crippen molar-refractivity contribution in [2.45, 2.75) is 115 Å². The first-order valence-electron chi connectivity index (χ1n) is 13.1. The summed E-state index contributed by atoms with van der Waals surface area (Å²) in [6.07, 6.45) is 3.50. The van der Waals surface area contributed by atoms with Crippen LogP contribution in [0.3, 0.4) is 0 Å². The van der Waals surface area contributed by atoms with E-state index in [9.17, 15) is 30.0 Å². The lowest BCUT2D eigenvalue weighted by Gasteiger charge is -2.63. The summed E-state index contributed by atoms with van der Waals surface area (Å²) in [5, 5.41) is 46.7. The normalized spacial score (nSPS) is 49.5. The quantitative estimate of drug-likeness (QED) is 0.348. The maximum atomic E-state index is 13.2. The molecular formula is C28H40O7. The fraction of sp³-hybridized carbons (Fsp3) is 0.786. The molecule has 0 amide bonds. The highest BCUT2D eigenvalue weighted by atomic mass is 16.6. The fourth-order valence-electron chi connectivity index (χ4n) is 8.74. The van der Waals surface area contributed by atoms with Gasteiger partial charge in [0.1, 0.15) is 23.1 Å². The lowest BCUT2D eigenvalue weighted by Crippen LogP contribution is -2.72. The van der Waals surface area contributed by atoms with Gasteiger partial charge in [0, 0.05) is 23.8 Å². The van der Waals surface area contributed by atoms with Crippen molar-refractivity contribution in [1.82, 2.24) is 0 Å². The molecule has 35 heavy (non-hydrogen) atoms. The molecule has 9 atom stereocenters. The molecular weight excluding hydrogens is 448 g/mol. The third-order valence-electron chi connectivity index (χ3n) is 11.4. The summed E-state index contributed by atoms with van der Waals surface area (Å²) in [6, 6.07) is 0. The van der Waals surface area contributed by atoms with Crippen LogP contribution in [0.4, 0.5) is 0 Å². The zero-order valence-corrected chi connectivity index (χ0v) is 21.6. The molecule has 4 N–H and O–H groups in total. The average Bonchev–Trinajstić information content (AvgIpc) is 3.01. The van der Waals surface area contributed by atoms with Crippen LogP contribution in [0, 0.1) is 22.7 Å². The largest absolute Gasteiger partial charge is 0.455 e. The van der Waals surface area contributed by atoms with E-state index < -0.39 is 45.8 Å². The van der Waals surface area contributed by atoms with Gasteiger partial charge < -0.3 is 25.2 Å². The number of rotatable bonds is 2. The molecule has 0 bridgehead atoms. The van der Waals surface area contributed by atoms with E-state index in [2.05, 4.69) is 0 Å². The second-order valence-corrected chi connectivity index (χ2v) is 12.7. The van der Waals surface area contributed by atoms with E-state index in [1.54, 1.807) is 6.92 Å². The molecule has 5 rings (SSSR count). The summed E-state index contributed by atoms with van der Waals surface area (Å²) >= 11 is 0. The number of aliphatic hydroxyl groups excluding tert-OH is 1. The van der Waals surface area contributed by atoms with Crippen molar-refractivity contribution in [3.05, 3.63) is 22.8 Å². The van der Waals surface area contributed by atoms with Gasteiger partial charge >= 0.3 is 5.97 Å². The number of carbonyl (C=O) groups excluding carboxylic acids is 2. The summed E-state index contributed by atoms with van der Waals surface area (Å²) in [6.45, 7) is 8.90. The number of aliphatic hydroxyl groups is 4. The molecule has 0 aromatic carbocycles. The van der Waals surface area contributed by atoms with Crippen LogP contribution >= 0.6 is 0 Å². The second-order valence-electron chi connectivity index (χ2n) is 12.7. The van der Waals surface area contributed by atoms with Crippen LogP contribution in [0.2, 0.25) is 0 Å². The van der Waals surface area contributed by atoms with Gasteiger partial charge in [-0.1, -0.05) is 24.1 Å². The van der Waals surface area contributed by atoms with E-state index in [0.717, 1.165) is 11.1 Å². The van der Waals surface area contributed by atoms with Gasteiger partial charge in [-0.15, -0.1) is 0 Å². The number of allylic oxidation sites excluding steroid dienone is 1. The predicted octanol–water partition coefficient (Wildman–Crippen LogP) is 2.74. The Morgan fingerprint density at radius 1 is 1.03 bits per heavy atom. The third-order valence-corrected chi connectivity index (χ3v) is 11.4. The number of ether oxygens (including phenoxy) is 1. The number of Topliss-reactive ketones (excluding diaryl/α,β-unsaturated/α-hetero) is 1. The van der Waals surface area contributed by atoms with Gasteiger partial charge in [-0.05, 0) is 78.1 Å². The van der Waals surface area contributed by atoms with E-state index in [0.29, 0.717) is 44.1 Å². The lowest BCUT2D eigenvalue weighted by atomic mass is 9.44. The highest BCUT2D eigenvalue weighted by Crippen LogP contribution is 2.70. The Bertz CT molecular complexity index is 1040. The molecule has 0 radical (unpaired) electrons. The maximum Gasteiger partial charge on any atom is 0.334 e. The summed E-state index contributed by atoms with van der Waals surface area (Å²) in [7, 11) is 0.